The molecule has 0 saturated carbocycles. The number of aromatic amines is 1. The van der Waals surface area contributed by atoms with Crippen LogP contribution in [0.1, 0.15) is 59.8 Å². The van der Waals surface area contributed by atoms with Crippen molar-refractivity contribution in [2.75, 3.05) is 30.3 Å². The molecular weight excluding hydrogens is 386 g/mol. The summed E-state index contributed by atoms with van der Waals surface area (Å²) in [4.78, 5) is 55.7. The number of nitrogen functional groups attached to an aromatic ring is 1. The van der Waals surface area contributed by atoms with Crippen molar-refractivity contribution in [2.24, 2.45) is 11.8 Å². The third-order valence-corrected chi connectivity index (χ3v) is 5.14. The first-order chi connectivity index (χ1) is 14.1. The van der Waals surface area contributed by atoms with Crippen molar-refractivity contribution in [1.29, 1.82) is 0 Å². The van der Waals surface area contributed by atoms with Crippen molar-refractivity contribution in [3.63, 3.8) is 0 Å². The lowest BCUT2D eigenvalue weighted by atomic mass is 10.1. The van der Waals surface area contributed by atoms with E-state index < -0.39 is 11.2 Å². The van der Waals surface area contributed by atoms with Crippen LogP contribution in [0.15, 0.2) is 9.59 Å². The molecule has 2 rings (SSSR count). The highest BCUT2D eigenvalue weighted by Crippen LogP contribution is 2.21. The molecule has 9 nitrogen and oxygen atoms in total. The number of H-pyrrole nitrogens is 1. The van der Waals surface area contributed by atoms with Gasteiger partial charge in [0.25, 0.3) is 5.56 Å². The minimum atomic E-state index is -0.686. The van der Waals surface area contributed by atoms with Crippen LogP contribution in [0.2, 0.25) is 0 Å². The van der Waals surface area contributed by atoms with E-state index in [1.807, 2.05) is 27.7 Å². The highest BCUT2D eigenvalue weighted by Gasteiger charge is 2.26. The normalized spacial score (nSPS) is 14.4. The molecule has 1 aromatic heterocycles. The number of carbonyl (C=O) groups is 2. The standard InChI is InChI=1S/C21H35N5O4/c1-14(2)12-25(17(28)9-8-16(27)24-10-6-5-7-11-24)18-19(22)26(13-15(3)4)21(30)23-20(18)29/h14-15H,5-13,22H2,1-4H3,(H,23,29,30). The molecule has 3 N–H and O–H groups in total. The largest absolute Gasteiger partial charge is 0.383 e. The van der Waals surface area contributed by atoms with Crippen LogP contribution in [0.5, 0.6) is 0 Å². The van der Waals surface area contributed by atoms with E-state index in [2.05, 4.69) is 4.98 Å². The number of piperidine rings is 1. The highest BCUT2D eigenvalue weighted by molar-refractivity contribution is 5.97. The molecule has 1 fully saturated rings. The molecular formula is C21H35N5O4. The number of hydrogen-bond donors (Lipinski definition) is 2. The van der Waals surface area contributed by atoms with Crippen LogP contribution in [-0.4, -0.2) is 45.9 Å². The van der Waals surface area contributed by atoms with Gasteiger partial charge in [-0.15, -0.1) is 0 Å². The third kappa shape index (κ3) is 5.96. The van der Waals surface area contributed by atoms with Gasteiger partial charge in [-0.2, -0.15) is 0 Å². The molecule has 9 heteroatoms. The van der Waals surface area contributed by atoms with Gasteiger partial charge in [0.1, 0.15) is 5.82 Å². The van der Waals surface area contributed by atoms with E-state index in [1.165, 1.54) is 9.47 Å². The monoisotopic (exact) mass is 421 g/mol. The number of carbonyl (C=O) groups excluding carboxylic acids is 2. The van der Waals surface area contributed by atoms with Gasteiger partial charge in [-0.05, 0) is 31.1 Å². The number of nitrogens with two attached hydrogens (primary N) is 1. The van der Waals surface area contributed by atoms with Crippen LogP contribution in [0, 0.1) is 11.8 Å². The van der Waals surface area contributed by atoms with Gasteiger partial charge in [0, 0.05) is 39.0 Å². The van der Waals surface area contributed by atoms with Gasteiger partial charge in [0.2, 0.25) is 11.8 Å². The van der Waals surface area contributed by atoms with Crippen molar-refractivity contribution in [1.82, 2.24) is 14.5 Å². The van der Waals surface area contributed by atoms with Gasteiger partial charge in [-0.3, -0.25) is 23.9 Å². The number of anilines is 2. The smallest absolute Gasteiger partial charge is 0.330 e. The fraction of sp³-hybridized carbons (Fsp3) is 0.714. The van der Waals surface area contributed by atoms with Crippen molar-refractivity contribution >= 4 is 23.3 Å². The Labute approximate surface area is 177 Å². The molecule has 1 aliphatic rings. The first kappa shape index (κ1) is 23.7. The Morgan fingerprint density at radius 2 is 1.67 bits per heavy atom. The van der Waals surface area contributed by atoms with Crippen LogP contribution in [0.4, 0.5) is 11.5 Å². The molecule has 168 valence electrons. The number of hydrogen-bond acceptors (Lipinski definition) is 5. The number of aromatic nitrogens is 2. The van der Waals surface area contributed by atoms with Gasteiger partial charge in [-0.25, -0.2) is 4.79 Å². The van der Waals surface area contributed by atoms with Crippen molar-refractivity contribution in [2.45, 2.75) is 66.3 Å². The van der Waals surface area contributed by atoms with E-state index in [4.69, 9.17) is 5.73 Å². The molecule has 0 unspecified atom stereocenters. The molecule has 0 bridgehead atoms. The summed E-state index contributed by atoms with van der Waals surface area (Å²) in [5, 5.41) is 0. The molecule has 2 heterocycles. The molecule has 1 aromatic rings. The number of nitrogens with one attached hydrogen (secondary N) is 1. The fourth-order valence-corrected chi connectivity index (χ4v) is 3.72. The lowest BCUT2D eigenvalue weighted by Crippen LogP contribution is -2.43. The van der Waals surface area contributed by atoms with Crippen molar-refractivity contribution in [3.8, 4) is 0 Å². The number of rotatable bonds is 8. The van der Waals surface area contributed by atoms with Crippen LogP contribution in [0.3, 0.4) is 0 Å². The predicted molar refractivity (Wildman–Crippen MR) is 117 cm³/mol. The van der Waals surface area contributed by atoms with E-state index in [0.29, 0.717) is 6.54 Å². The quantitative estimate of drug-likeness (QED) is 0.660. The van der Waals surface area contributed by atoms with E-state index in [9.17, 15) is 19.2 Å². The number of nitrogens with zero attached hydrogens (tertiary/aromatic N) is 3. The molecule has 0 radical (unpaired) electrons. The maximum Gasteiger partial charge on any atom is 0.330 e. The van der Waals surface area contributed by atoms with Crippen LogP contribution < -0.4 is 21.9 Å². The Hall–Kier alpha value is -2.58. The van der Waals surface area contributed by atoms with Gasteiger partial charge in [0.05, 0.1) is 0 Å². The lowest BCUT2D eigenvalue weighted by molar-refractivity contribution is -0.134. The summed E-state index contributed by atoms with van der Waals surface area (Å²) in [7, 11) is 0. The topological polar surface area (TPSA) is 121 Å². The van der Waals surface area contributed by atoms with Crippen molar-refractivity contribution in [3.05, 3.63) is 20.8 Å². The summed E-state index contributed by atoms with van der Waals surface area (Å²) in [5.41, 5.74) is 4.90. The first-order valence-electron chi connectivity index (χ1n) is 10.8. The van der Waals surface area contributed by atoms with E-state index in [0.717, 1.165) is 32.4 Å². The fourth-order valence-electron chi connectivity index (χ4n) is 3.72. The molecule has 0 atom stereocenters. The first-order valence-corrected chi connectivity index (χ1v) is 10.8. The zero-order valence-electron chi connectivity index (χ0n) is 18.6. The zero-order chi connectivity index (χ0) is 22.4. The third-order valence-electron chi connectivity index (χ3n) is 5.14. The van der Waals surface area contributed by atoms with Gasteiger partial charge in [-0.1, -0.05) is 27.7 Å². The lowest BCUT2D eigenvalue weighted by Gasteiger charge is -2.28. The average molecular weight is 422 g/mol. The molecule has 0 spiro atoms. The van der Waals surface area contributed by atoms with Gasteiger partial charge >= 0.3 is 5.69 Å². The second-order valence-electron chi connectivity index (χ2n) is 8.84. The van der Waals surface area contributed by atoms with Gasteiger partial charge in [0.15, 0.2) is 5.69 Å². The Bertz CT molecular complexity index is 865. The Morgan fingerprint density at radius 1 is 1.03 bits per heavy atom. The molecule has 2 amide bonds. The van der Waals surface area contributed by atoms with Gasteiger partial charge < -0.3 is 15.5 Å². The molecule has 0 aromatic carbocycles. The predicted octanol–water partition coefficient (Wildman–Crippen LogP) is 1.56. The maximum absolute atomic E-state index is 13.0. The number of likely N-dealkylation sites (tertiary alicyclic amines) is 1. The molecule has 0 aliphatic carbocycles. The Balaban J connectivity index is 2.28. The Morgan fingerprint density at radius 3 is 2.23 bits per heavy atom. The molecule has 30 heavy (non-hydrogen) atoms. The van der Waals surface area contributed by atoms with Crippen LogP contribution >= 0.6 is 0 Å². The minimum absolute atomic E-state index is 0.00968. The van der Waals surface area contributed by atoms with Crippen LogP contribution in [0.25, 0.3) is 0 Å². The van der Waals surface area contributed by atoms with Crippen molar-refractivity contribution < 1.29 is 9.59 Å². The summed E-state index contributed by atoms with van der Waals surface area (Å²) in [6, 6.07) is 0. The Kier molecular flexibility index (Phi) is 8.25. The summed E-state index contributed by atoms with van der Waals surface area (Å²) in [6.45, 7) is 9.77. The molecule has 1 saturated heterocycles. The SMILES string of the molecule is CC(C)CN(C(=O)CCC(=O)N1CCCCC1)c1c(N)n(CC(C)C)c(=O)[nH]c1=O. The highest BCUT2D eigenvalue weighted by atomic mass is 16.2. The maximum atomic E-state index is 13.0. The van der Waals surface area contributed by atoms with E-state index >= 15 is 0 Å². The van der Waals surface area contributed by atoms with Crippen LogP contribution in [-0.2, 0) is 16.1 Å². The zero-order valence-corrected chi connectivity index (χ0v) is 18.6. The summed E-state index contributed by atoms with van der Waals surface area (Å²) >= 11 is 0. The summed E-state index contributed by atoms with van der Waals surface area (Å²) in [6.07, 6.45) is 3.19. The number of amides is 2. The average Bonchev–Trinajstić information content (AvgIpc) is 2.68. The molecule has 1 aliphatic heterocycles. The second kappa shape index (κ2) is 10.4. The summed E-state index contributed by atoms with van der Waals surface area (Å²) in [5.74, 6) is -0.217. The van der Waals surface area contributed by atoms with E-state index in [-0.39, 0.29) is 54.5 Å². The second-order valence-corrected chi connectivity index (χ2v) is 8.84. The summed E-state index contributed by atoms with van der Waals surface area (Å²) < 4.78 is 1.29. The van der Waals surface area contributed by atoms with E-state index in [1.54, 1.807) is 4.90 Å². The minimum Gasteiger partial charge on any atom is -0.383 e.